The summed E-state index contributed by atoms with van der Waals surface area (Å²) in [6, 6.07) is 4.18. The number of nitro groups is 1. The van der Waals surface area contributed by atoms with Crippen molar-refractivity contribution >= 4 is 16.6 Å². The van der Waals surface area contributed by atoms with Gasteiger partial charge in [0.1, 0.15) is 18.3 Å². The van der Waals surface area contributed by atoms with Gasteiger partial charge in [-0.15, -0.1) is 0 Å². The van der Waals surface area contributed by atoms with E-state index >= 15 is 0 Å². The molecule has 9 nitrogen and oxygen atoms in total. The number of nitrogens with zero attached hydrogens (tertiary/aromatic N) is 3. The highest BCUT2D eigenvalue weighted by Crippen LogP contribution is 2.30. The molecule has 0 unspecified atom stereocenters. The van der Waals surface area contributed by atoms with E-state index in [1.54, 1.807) is 0 Å². The average molecular weight is 295 g/mol. The van der Waals surface area contributed by atoms with Crippen LogP contribution >= 0.6 is 0 Å². The van der Waals surface area contributed by atoms with E-state index in [4.69, 9.17) is 9.84 Å². The zero-order valence-corrected chi connectivity index (χ0v) is 10.7. The van der Waals surface area contributed by atoms with Crippen LogP contribution in [0.15, 0.2) is 24.4 Å². The first-order valence-corrected chi connectivity index (χ1v) is 6.27. The summed E-state index contributed by atoms with van der Waals surface area (Å²) in [5.41, 5.74) is 0.432. The van der Waals surface area contributed by atoms with E-state index in [-0.39, 0.29) is 5.69 Å². The molecule has 1 saturated heterocycles. The van der Waals surface area contributed by atoms with Crippen molar-refractivity contribution in [2.45, 2.75) is 24.5 Å². The van der Waals surface area contributed by atoms with Gasteiger partial charge >= 0.3 is 0 Å². The highest BCUT2D eigenvalue weighted by molar-refractivity contribution is 5.80. The van der Waals surface area contributed by atoms with Gasteiger partial charge in [0.25, 0.3) is 5.69 Å². The first kappa shape index (κ1) is 13.9. The fraction of sp³-hybridized carbons (Fsp3) is 0.417. The van der Waals surface area contributed by atoms with Crippen LogP contribution < -0.4 is 0 Å². The molecule has 1 aliphatic heterocycles. The molecule has 9 heteroatoms. The van der Waals surface area contributed by atoms with Crippen LogP contribution in [0.1, 0.15) is 6.23 Å². The van der Waals surface area contributed by atoms with Gasteiger partial charge in [-0.25, -0.2) is 4.68 Å². The van der Waals surface area contributed by atoms with Crippen molar-refractivity contribution in [1.29, 1.82) is 0 Å². The Bertz CT molecular complexity index is 687. The lowest BCUT2D eigenvalue weighted by molar-refractivity contribution is -0.384. The van der Waals surface area contributed by atoms with Gasteiger partial charge in [0.05, 0.1) is 17.0 Å². The standard InChI is InChI=1S/C12H13N3O6/c16-5-9-10(17)11(18)12(21-9)14-4-6-3-7(15(19)20)1-2-8(6)13-14/h1-4,9-12,16-18H,5H2/t9-,10+,11+,12-/m0/s1. The molecule has 112 valence electrons. The average Bonchev–Trinajstić information content (AvgIpc) is 3.00. The van der Waals surface area contributed by atoms with Crippen molar-refractivity contribution in [3.8, 4) is 0 Å². The van der Waals surface area contributed by atoms with Gasteiger partial charge in [-0.05, 0) is 6.07 Å². The molecule has 0 aliphatic carbocycles. The van der Waals surface area contributed by atoms with Crippen LogP contribution in [0.2, 0.25) is 0 Å². The lowest BCUT2D eigenvalue weighted by atomic mass is 10.1. The maximum Gasteiger partial charge on any atom is 0.270 e. The molecule has 0 saturated carbocycles. The number of aliphatic hydroxyl groups excluding tert-OH is 3. The van der Waals surface area contributed by atoms with Crippen LogP contribution in [-0.4, -0.2) is 54.9 Å². The molecule has 0 spiro atoms. The van der Waals surface area contributed by atoms with Crippen molar-refractivity contribution < 1.29 is 25.0 Å². The van der Waals surface area contributed by atoms with Gasteiger partial charge in [0, 0.05) is 23.7 Å². The van der Waals surface area contributed by atoms with Crippen LogP contribution in [0.5, 0.6) is 0 Å². The maximum absolute atomic E-state index is 10.7. The lowest BCUT2D eigenvalue weighted by Crippen LogP contribution is -2.33. The number of rotatable bonds is 3. The van der Waals surface area contributed by atoms with E-state index in [0.717, 1.165) is 0 Å². The molecular weight excluding hydrogens is 282 g/mol. The SMILES string of the molecule is O=[N+]([O-])c1ccc2nn([C@H]3O[C@@H](CO)[C@@H](O)[C@H]3O)cc2c1. The molecule has 1 aromatic heterocycles. The van der Waals surface area contributed by atoms with E-state index < -0.39 is 36.1 Å². The monoisotopic (exact) mass is 295 g/mol. The van der Waals surface area contributed by atoms with E-state index in [1.807, 2.05) is 0 Å². The van der Waals surface area contributed by atoms with Gasteiger partial charge in [-0.2, -0.15) is 5.10 Å². The van der Waals surface area contributed by atoms with Crippen molar-refractivity contribution in [2.75, 3.05) is 6.61 Å². The van der Waals surface area contributed by atoms with Gasteiger partial charge in [0.15, 0.2) is 6.23 Å². The predicted octanol–water partition coefficient (Wildman–Crippen LogP) is -0.444. The molecule has 0 amide bonds. The topological polar surface area (TPSA) is 131 Å². The second kappa shape index (κ2) is 5.04. The second-order valence-corrected chi connectivity index (χ2v) is 4.84. The highest BCUT2D eigenvalue weighted by Gasteiger charge is 2.43. The summed E-state index contributed by atoms with van der Waals surface area (Å²) in [5, 5.41) is 44.1. The highest BCUT2D eigenvalue weighted by atomic mass is 16.6. The summed E-state index contributed by atoms with van der Waals surface area (Å²) < 4.78 is 6.63. The molecule has 21 heavy (non-hydrogen) atoms. The molecule has 3 N–H and O–H groups in total. The van der Waals surface area contributed by atoms with Gasteiger partial charge < -0.3 is 20.1 Å². The lowest BCUT2D eigenvalue weighted by Gasteiger charge is -2.14. The zero-order chi connectivity index (χ0) is 15.1. The Morgan fingerprint density at radius 3 is 2.76 bits per heavy atom. The number of nitro benzene ring substituents is 1. The first-order chi connectivity index (χ1) is 10.0. The number of hydrogen-bond donors (Lipinski definition) is 3. The Labute approximate surface area is 118 Å². The van der Waals surface area contributed by atoms with Gasteiger partial charge in [0.2, 0.25) is 0 Å². The molecule has 2 heterocycles. The molecule has 2 aromatic rings. The summed E-state index contributed by atoms with van der Waals surface area (Å²) in [6.07, 6.45) is -2.83. The van der Waals surface area contributed by atoms with Crippen molar-refractivity contribution in [1.82, 2.24) is 9.78 Å². The largest absolute Gasteiger partial charge is 0.394 e. The fourth-order valence-electron chi connectivity index (χ4n) is 2.37. The Balaban J connectivity index is 1.96. The van der Waals surface area contributed by atoms with E-state index in [0.29, 0.717) is 10.9 Å². The Morgan fingerprint density at radius 1 is 1.38 bits per heavy atom. The minimum Gasteiger partial charge on any atom is -0.394 e. The third kappa shape index (κ3) is 2.25. The van der Waals surface area contributed by atoms with Crippen molar-refractivity contribution in [2.24, 2.45) is 0 Å². The zero-order valence-electron chi connectivity index (χ0n) is 10.7. The number of fused-ring (bicyclic) bond motifs is 1. The molecular formula is C12H13N3O6. The van der Waals surface area contributed by atoms with Gasteiger partial charge in [-0.3, -0.25) is 10.1 Å². The molecule has 1 fully saturated rings. The number of aliphatic hydroxyl groups is 3. The van der Waals surface area contributed by atoms with E-state index in [2.05, 4.69) is 5.10 Å². The van der Waals surface area contributed by atoms with Crippen molar-refractivity contribution in [3.63, 3.8) is 0 Å². The number of hydrogen-bond acceptors (Lipinski definition) is 7. The summed E-state index contributed by atoms with van der Waals surface area (Å²) in [4.78, 5) is 10.2. The Kier molecular flexibility index (Phi) is 3.33. The molecule has 4 atom stereocenters. The maximum atomic E-state index is 10.7. The fourth-order valence-corrected chi connectivity index (χ4v) is 2.37. The minimum absolute atomic E-state index is 0.0665. The quantitative estimate of drug-likeness (QED) is 0.516. The first-order valence-electron chi connectivity index (χ1n) is 6.27. The Hall–Kier alpha value is -2.07. The summed E-state index contributed by atoms with van der Waals surface area (Å²) in [5.74, 6) is 0. The summed E-state index contributed by atoms with van der Waals surface area (Å²) in [7, 11) is 0. The second-order valence-electron chi connectivity index (χ2n) is 4.84. The third-order valence-corrected chi connectivity index (χ3v) is 3.49. The summed E-state index contributed by atoms with van der Waals surface area (Å²) in [6.45, 7) is -0.430. The minimum atomic E-state index is -1.24. The van der Waals surface area contributed by atoms with Gasteiger partial charge in [-0.1, -0.05) is 0 Å². The molecule has 0 radical (unpaired) electrons. The molecule has 3 rings (SSSR count). The summed E-state index contributed by atoms with van der Waals surface area (Å²) >= 11 is 0. The van der Waals surface area contributed by atoms with Crippen molar-refractivity contribution in [3.05, 3.63) is 34.5 Å². The van der Waals surface area contributed by atoms with Crippen LogP contribution in [-0.2, 0) is 4.74 Å². The van der Waals surface area contributed by atoms with Crippen LogP contribution in [0, 0.1) is 10.1 Å². The number of ether oxygens (including phenoxy) is 1. The molecule has 1 aromatic carbocycles. The van der Waals surface area contributed by atoms with E-state index in [9.17, 15) is 20.3 Å². The van der Waals surface area contributed by atoms with Crippen LogP contribution in [0.4, 0.5) is 5.69 Å². The molecule has 1 aliphatic rings. The predicted molar refractivity (Wildman–Crippen MR) is 69.4 cm³/mol. The van der Waals surface area contributed by atoms with Crippen LogP contribution in [0.3, 0.4) is 0 Å². The molecule has 0 bridgehead atoms. The van der Waals surface area contributed by atoms with E-state index in [1.165, 1.54) is 29.1 Å². The number of aromatic nitrogens is 2. The third-order valence-electron chi connectivity index (χ3n) is 3.49. The number of non-ortho nitro benzene ring substituents is 1. The Morgan fingerprint density at radius 2 is 2.14 bits per heavy atom. The smallest absolute Gasteiger partial charge is 0.270 e. The van der Waals surface area contributed by atoms with Crippen LogP contribution in [0.25, 0.3) is 10.9 Å². The normalized spacial score (nSPS) is 29.1. The number of benzene rings is 1.